The molecule has 2 aromatic rings. The zero-order chi connectivity index (χ0) is 18.9. The highest BCUT2D eigenvalue weighted by molar-refractivity contribution is 7.89. The van der Waals surface area contributed by atoms with Gasteiger partial charge < -0.3 is 9.73 Å². The molecule has 0 unspecified atom stereocenters. The summed E-state index contributed by atoms with van der Waals surface area (Å²) in [7, 11) is -3.22. The van der Waals surface area contributed by atoms with E-state index in [9.17, 15) is 13.2 Å². The van der Waals surface area contributed by atoms with Crippen LogP contribution in [0.5, 0.6) is 0 Å². The maximum Gasteiger partial charge on any atom is 0.259 e. The average molecular weight is 376 g/mol. The number of nitrogens with zero attached hydrogens (tertiary/aromatic N) is 1. The molecule has 0 fully saturated rings. The Morgan fingerprint density at radius 1 is 1.23 bits per heavy atom. The molecule has 6 nitrogen and oxygen atoms in total. The van der Waals surface area contributed by atoms with Crippen LogP contribution in [0.1, 0.15) is 46.3 Å². The molecule has 1 N–H and O–H groups in total. The smallest absolute Gasteiger partial charge is 0.259 e. The van der Waals surface area contributed by atoms with E-state index in [0.717, 1.165) is 11.1 Å². The summed E-state index contributed by atoms with van der Waals surface area (Å²) in [4.78, 5) is 12.4. The van der Waals surface area contributed by atoms with Crippen LogP contribution in [0, 0.1) is 13.8 Å². The van der Waals surface area contributed by atoms with Gasteiger partial charge in [-0.05, 0) is 56.0 Å². The van der Waals surface area contributed by atoms with Crippen molar-refractivity contribution in [1.82, 2.24) is 4.31 Å². The molecule has 1 aromatic heterocycles. The predicted octanol–water partition coefficient (Wildman–Crippen LogP) is 3.25. The number of hydrogen-bond acceptors (Lipinski definition) is 4. The Labute approximate surface area is 154 Å². The van der Waals surface area contributed by atoms with E-state index in [2.05, 4.69) is 5.32 Å². The van der Waals surface area contributed by atoms with E-state index in [4.69, 9.17) is 4.42 Å². The molecule has 0 saturated heterocycles. The topological polar surface area (TPSA) is 79.6 Å². The normalized spacial score (nSPS) is 14.9. The van der Waals surface area contributed by atoms with Gasteiger partial charge in [-0.2, -0.15) is 4.31 Å². The molecule has 0 saturated carbocycles. The van der Waals surface area contributed by atoms with Gasteiger partial charge in [0.1, 0.15) is 11.5 Å². The van der Waals surface area contributed by atoms with Gasteiger partial charge in [-0.3, -0.25) is 4.79 Å². The largest absolute Gasteiger partial charge is 0.466 e. The number of benzene rings is 1. The third-order valence-electron chi connectivity index (χ3n) is 4.58. The number of nitrogens with one attached hydrogen (secondary N) is 1. The summed E-state index contributed by atoms with van der Waals surface area (Å²) in [6.45, 7) is 6.28. The van der Waals surface area contributed by atoms with Crippen LogP contribution < -0.4 is 5.32 Å². The minimum atomic E-state index is -3.22. The number of aryl methyl sites for hydroxylation is 2. The van der Waals surface area contributed by atoms with Crippen molar-refractivity contribution >= 4 is 21.6 Å². The van der Waals surface area contributed by atoms with Crippen LogP contribution in [0.3, 0.4) is 0 Å². The first-order valence-electron chi connectivity index (χ1n) is 8.78. The van der Waals surface area contributed by atoms with E-state index in [1.165, 1.54) is 4.31 Å². The highest BCUT2D eigenvalue weighted by Crippen LogP contribution is 2.25. The van der Waals surface area contributed by atoms with Crippen molar-refractivity contribution in [2.75, 3.05) is 17.6 Å². The lowest BCUT2D eigenvalue weighted by atomic mass is 10.0. The first kappa shape index (κ1) is 18.7. The highest BCUT2D eigenvalue weighted by Gasteiger charge is 2.26. The number of furan rings is 1. The lowest BCUT2D eigenvalue weighted by Gasteiger charge is -2.28. The molecule has 1 aromatic carbocycles. The molecule has 1 amide bonds. The van der Waals surface area contributed by atoms with Crippen molar-refractivity contribution in [2.24, 2.45) is 0 Å². The van der Waals surface area contributed by atoms with E-state index in [1.54, 1.807) is 19.9 Å². The Balaban J connectivity index is 1.79. The molecule has 0 spiro atoms. The van der Waals surface area contributed by atoms with Gasteiger partial charge in [0.25, 0.3) is 5.91 Å². The van der Waals surface area contributed by atoms with Crippen LogP contribution in [0.4, 0.5) is 5.69 Å². The Morgan fingerprint density at radius 3 is 2.65 bits per heavy atom. The molecule has 1 aliphatic heterocycles. The number of fused-ring (bicyclic) bond motifs is 1. The minimum absolute atomic E-state index is 0.165. The van der Waals surface area contributed by atoms with Crippen LogP contribution in [-0.4, -0.2) is 30.9 Å². The molecule has 0 aliphatic carbocycles. The zero-order valence-corrected chi connectivity index (χ0v) is 16.1. The van der Waals surface area contributed by atoms with Crippen molar-refractivity contribution in [3.05, 3.63) is 52.5 Å². The number of anilines is 1. The lowest BCUT2D eigenvalue weighted by Crippen LogP contribution is -2.37. The standard InChI is InChI=1S/C19H24N2O4S/c1-4-9-26(23,24)21-8-7-15-5-6-17(11-16(15)12-21)20-19(22)18-10-13(2)25-14(18)3/h5-6,10-11H,4,7-9,12H2,1-3H3,(H,20,22). The number of amides is 1. The van der Waals surface area contributed by atoms with E-state index < -0.39 is 10.0 Å². The fourth-order valence-corrected chi connectivity index (χ4v) is 4.77. The first-order chi connectivity index (χ1) is 12.3. The van der Waals surface area contributed by atoms with Crippen LogP contribution in [-0.2, 0) is 23.0 Å². The number of carbonyl (C=O) groups excluding carboxylic acids is 1. The molecule has 140 valence electrons. The van der Waals surface area contributed by atoms with Crippen molar-refractivity contribution < 1.29 is 17.6 Å². The quantitative estimate of drug-likeness (QED) is 0.869. The molecule has 1 aliphatic rings. The van der Waals surface area contributed by atoms with Gasteiger partial charge in [0.15, 0.2) is 0 Å². The Hall–Kier alpha value is -2.12. The third-order valence-corrected chi connectivity index (χ3v) is 6.61. The maximum atomic E-state index is 12.4. The molecule has 3 rings (SSSR count). The molecule has 0 radical (unpaired) electrons. The summed E-state index contributed by atoms with van der Waals surface area (Å²) in [5.41, 5.74) is 3.23. The summed E-state index contributed by atoms with van der Waals surface area (Å²) in [5, 5.41) is 2.87. The van der Waals surface area contributed by atoms with Gasteiger partial charge in [0, 0.05) is 18.8 Å². The summed E-state index contributed by atoms with van der Waals surface area (Å²) in [6.07, 6.45) is 1.29. The summed E-state index contributed by atoms with van der Waals surface area (Å²) in [6, 6.07) is 7.39. The van der Waals surface area contributed by atoms with Crippen molar-refractivity contribution in [2.45, 2.75) is 40.2 Å². The number of hydrogen-bond donors (Lipinski definition) is 1. The number of sulfonamides is 1. The second-order valence-electron chi connectivity index (χ2n) is 6.66. The molecule has 2 heterocycles. The maximum absolute atomic E-state index is 12.4. The van der Waals surface area contributed by atoms with E-state index in [0.29, 0.717) is 48.7 Å². The van der Waals surface area contributed by atoms with Crippen LogP contribution in [0.25, 0.3) is 0 Å². The SMILES string of the molecule is CCCS(=O)(=O)N1CCc2ccc(NC(=O)c3cc(C)oc3C)cc2C1. The van der Waals surface area contributed by atoms with E-state index in [1.807, 2.05) is 25.1 Å². The van der Waals surface area contributed by atoms with Gasteiger partial charge in [-0.25, -0.2) is 8.42 Å². The number of carbonyl (C=O) groups is 1. The van der Waals surface area contributed by atoms with Gasteiger partial charge in [0.05, 0.1) is 11.3 Å². The zero-order valence-electron chi connectivity index (χ0n) is 15.3. The Kier molecular flexibility index (Phi) is 5.20. The molecular weight excluding hydrogens is 352 g/mol. The Bertz CT molecular complexity index is 931. The summed E-state index contributed by atoms with van der Waals surface area (Å²) < 4.78 is 31.6. The van der Waals surface area contributed by atoms with Crippen molar-refractivity contribution in [3.63, 3.8) is 0 Å². The minimum Gasteiger partial charge on any atom is -0.466 e. The average Bonchev–Trinajstić information content (AvgIpc) is 2.92. The molecular formula is C19H24N2O4S. The fourth-order valence-electron chi connectivity index (χ4n) is 3.29. The second kappa shape index (κ2) is 7.25. The van der Waals surface area contributed by atoms with Crippen LogP contribution >= 0.6 is 0 Å². The van der Waals surface area contributed by atoms with E-state index in [-0.39, 0.29) is 11.7 Å². The van der Waals surface area contributed by atoms with Gasteiger partial charge >= 0.3 is 0 Å². The highest BCUT2D eigenvalue weighted by atomic mass is 32.2. The summed E-state index contributed by atoms with van der Waals surface area (Å²) >= 11 is 0. The van der Waals surface area contributed by atoms with Crippen LogP contribution in [0.2, 0.25) is 0 Å². The van der Waals surface area contributed by atoms with Gasteiger partial charge in [-0.1, -0.05) is 13.0 Å². The molecule has 26 heavy (non-hydrogen) atoms. The monoisotopic (exact) mass is 376 g/mol. The fraction of sp³-hybridized carbons (Fsp3) is 0.421. The summed E-state index contributed by atoms with van der Waals surface area (Å²) in [5.74, 6) is 1.20. The van der Waals surface area contributed by atoms with Crippen molar-refractivity contribution in [3.8, 4) is 0 Å². The molecule has 7 heteroatoms. The van der Waals surface area contributed by atoms with Gasteiger partial charge in [0.2, 0.25) is 10.0 Å². The molecule has 0 bridgehead atoms. The van der Waals surface area contributed by atoms with E-state index >= 15 is 0 Å². The third kappa shape index (κ3) is 3.83. The second-order valence-corrected chi connectivity index (χ2v) is 8.75. The Morgan fingerprint density at radius 2 is 2.00 bits per heavy atom. The first-order valence-corrected chi connectivity index (χ1v) is 10.4. The predicted molar refractivity (Wildman–Crippen MR) is 101 cm³/mol. The number of rotatable bonds is 5. The van der Waals surface area contributed by atoms with Crippen molar-refractivity contribution in [1.29, 1.82) is 0 Å². The molecule has 0 atom stereocenters. The van der Waals surface area contributed by atoms with Crippen LogP contribution in [0.15, 0.2) is 28.7 Å². The van der Waals surface area contributed by atoms with Gasteiger partial charge in [-0.15, -0.1) is 0 Å². The lowest BCUT2D eigenvalue weighted by molar-refractivity contribution is 0.102.